The summed E-state index contributed by atoms with van der Waals surface area (Å²) in [6.45, 7) is 3.69. The normalized spacial score (nSPS) is 23.5. The smallest absolute Gasteiger partial charge is 0.269 e. The van der Waals surface area contributed by atoms with E-state index in [4.69, 9.17) is 9.47 Å². The van der Waals surface area contributed by atoms with Crippen molar-refractivity contribution in [1.82, 2.24) is 25.1 Å². The van der Waals surface area contributed by atoms with Crippen LogP contribution in [0.1, 0.15) is 22.5 Å². The summed E-state index contributed by atoms with van der Waals surface area (Å²) in [5.41, 5.74) is -0.0675. The van der Waals surface area contributed by atoms with Crippen molar-refractivity contribution < 1.29 is 29.3 Å². The zero-order valence-electron chi connectivity index (χ0n) is 19.0. The number of aromatic amines is 1. The van der Waals surface area contributed by atoms with Crippen LogP contribution in [-0.2, 0) is 16.1 Å². The molecule has 2 fully saturated rings. The predicted molar refractivity (Wildman–Crippen MR) is 121 cm³/mol. The molecule has 2 amide bonds. The maximum Gasteiger partial charge on any atom is 0.269 e. The molecule has 34 heavy (non-hydrogen) atoms. The number of carbonyl (C=O) groups is 2. The molecule has 0 saturated carbocycles. The lowest BCUT2D eigenvalue weighted by Gasteiger charge is -2.42. The van der Waals surface area contributed by atoms with E-state index in [0.29, 0.717) is 57.3 Å². The van der Waals surface area contributed by atoms with Gasteiger partial charge >= 0.3 is 0 Å². The highest BCUT2D eigenvalue weighted by Crippen LogP contribution is 2.24. The van der Waals surface area contributed by atoms with Crippen LogP contribution in [0.25, 0.3) is 0 Å². The fraction of sp³-hybridized carbons (Fsp3) is 0.522. The number of benzene rings is 1. The number of aliphatic hydroxyl groups is 2. The molecule has 1 aromatic carbocycles. The third-order valence-corrected chi connectivity index (χ3v) is 6.27. The number of hydrogen-bond donors (Lipinski definition) is 4. The molecule has 2 aliphatic heterocycles. The molecule has 3 heterocycles. The minimum absolute atomic E-state index is 0.00679. The Balaban J connectivity index is 1.21. The molecule has 2 aliphatic rings. The molecular formula is C23H31N5O6. The quantitative estimate of drug-likeness (QED) is 0.398. The number of aromatic nitrogens is 2. The summed E-state index contributed by atoms with van der Waals surface area (Å²) >= 11 is 0. The Morgan fingerprint density at radius 2 is 2.00 bits per heavy atom. The van der Waals surface area contributed by atoms with Gasteiger partial charge in [-0.15, -0.1) is 0 Å². The van der Waals surface area contributed by atoms with Crippen LogP contribution in [0.2, 0.25) is 0 Å². The van der Waals surface area contributed by atoms with Crippen molar-refractivity contribution in [3.63, 3.8) is 0 Å². The second-order valence-corrected chi connectivity index (χ2v) is 8.68. The number of nitrogens with one attached hydrogen (secondary N) is 2. The number of piperidine rings is 1. The largest absolute Gasteiger partial charge is 0.484 e. The average Bonchev–Trinajstić information content (AvgIpc) is 3.40. The third kappa shape index (κ3) is 6.11. The van der Waals surface area contributed by atoms with Crippen LogP contribution >= 0.6 is 0 Å². The molecule has 2 saturated heterocycles. The average molecular weight is 474 g/mol. The number of rotatable bonds is 8. The Bertz CT molecular complexity index is 947. The molecule has 0 bridgehead atoms. The molecule has 0 radical (unpaired) electrons. The number of nitrogens with zero attached hydrogens (tertiary/aromatic N) is 3. The monoisotopic (exact) mass is 473 g/mol. The Morgan fingerprint density at radius 1 is 1.24 bits per heavy atom. The van der Waals surface area contributed by atoms with E-state index < -0.39 is 11.7 Å². The highest BCUT2D eigenvalue weighted by Gasteiger charge is 2.40. The summed E-state index contributed by atoms with van der Waals surface area (Å²) in [6.07, 6.45) is 2.12. The number of likely N-dealkylation sites (tertiary alicyclic amines) is 1. The third-order valence-electron chi connectivity index (χ3n) is 6.27. The van der Waals surface area contributed by atoms with Crippen LogP contribution in [0.15, 0.2) is 36.8 Å². The molecule has 2 atom stereocenters. The van der Waals surface area contributed by atoms with Crippen LogP contribution in [-0.4, -0.2) is 106 Å². The SMILES string of the molecule is O=C(NC[C@]1(O)CCN(Cc2ccc(OCC(=O)N3CCOCC3)cc2)C[C@H]1O)c1cnc[nH]1. The molecule has 4 N–H and O–H groups in total. The summed E-state index contributed by atoms with van der Waals surface area (Å²) in [7, 11) is 0. The van der Waals surface area contributed by atoms with Gasteiger partial charge in [-0.25, -0.2) is 4.98 Å². The number of hydrogen-bond acceptors (Lipinski definition) is 8. The van der Waals surface area contributed by atoms with Gasteiger partial charge in [0.05, 0.1) is 31.8 Å². The van der Waals surface area contributed by atoms with Crippen molar-refractivity contribution in [1.29, 1.82) is 0 Å². The standard InChI is InChI=1S/C23H31N5O6/c29-20-13-27(6-5-23(20,32)15-25-22(31)19-11-24-16-26-19)12-17-1-3-18(4-2-17)34-14-21(30)28-7-9-33-10-8-28/h1-4,11,16,20,29,32H,5-10,12-15H2,(H,24,26)(H,25,31)/t20-,23-/m1/s1. The Hall–Kier alpha value is -2.99. The molecule has 0 spiro atoms. The summed E-state index contributed by atoms with van der Waals surface area (Å²) in [6, 6.07) is 7.49. The van der Waals surface area contributed by atoms with E-state index in [1.54, 1.807) is 4.90 Å². The van der Waals surface area contributed by atoms with E-state index in [2.05, 4.69) is 15.3 Å². The van der Waals surface area contributed by atoms with Gasteiger partial charge in [0.1, 0.15) is 17.0 Å². The first-order chi connectivity index (χ1) is 16.4. The Kier molecular flexibility index (Phi) is 7.78. The summed E-state index contributed by atoms with van der Waals surface area (Å²) in [4.78, 5) is 34.6. The van der Waals surface area contributed by atoms with Gasteiger partial charge in [-0.05, 0) is 24.1 Å². The van der Waals surface area contributed by atoms with Crippen LogP contribution in [0.4, 0.5) is 0 Å². The number of H-pyrrole nitrogens is 1. The van der Waals surface area contributed by atoms with Crippen molar-refractivity contribution in [3.8, 4) is 5.75 Å². The molecule has 11 heteroatoms. The molecule has 4 rings (SSSR count). The molecule has 0 unspecified atom stereocenters. The lowest BCUT2D eigenvalue weighted by atomic mass is 9.88. The predicted octanol–water partition coefficient (Wildman–Crippen LogP) is -0.625. The van der Waals surface area contributed by atoms with Gasteiger partial charge in [-0.3, -0.25) is 14.5 Å². The van der Waals surface area contributed by atoms with E-state index >= 15 is 0 Å². The van der Waals surface area contributed by atoms with Gasteiger partial charge in [-0.1, -0.05) is 12.1 Å². The number of aliphatic hydroxyl groups excluding tert-OH is 1. The first-order valence-electron chi connectivity index (χ1n) is 11.4. The summed E-state index contributed by atoms with van der Waals surface area (Å²) in [5.74, 6) is 0.184. The maximum absolute atomic E-state index is 12.2. The minimum atomic E-state index is -1.39. The fourth-order valence-corrected chi connectivity index (χ4v) is 4.08. The highest BCUT2D eigenvalue weighted by atomic mass is 16.5. The van der Waals surface area contributed by atoms with Crippen molar-refractivity contribution in [2.24, 2.45) is 0 Å². The topological polar surface area (TPSA) is 140 Å². The zero-order chi connectivity index (χ0) is 24.0. The first kappa shape index (κ1) is 24.1. The van der Waals surface area contributed by atoms with Crippen LogP contribution < -0.4 is 10.1 Å². The van der Waals surface area contributed by atoms with Gasteiger partial charge < -0.3 is 34.9 Å². The summed E-state index contributed by atoms with van der Waals surface area (Å²) < 4.78 is 10.9. The molecule has 0 aliphatic carbocycles. The molecule has 2 aromatic rings. The van der Waals surface area contributed by atoms with Gasteiger partial charge in [0.15, 0.2) is 6.61 Å². The van der Waals surface area contributed by atoms with Gasteiger partial charge in [-0.2, -0.15) is 0 Å². The number of β-amino-alcohol motifs (C(OH)–C–C–N with tert-alkyl or cyclic N) is 1. The summed E-state index contributed by atoms with van der Waals surface area (Å²) in [5, 5.41) is 24.1. The van der Waals surface area contributed by atoms with E-state index in [1.807, 2.05) is 29.2 Å². The lowest BCUT2D eigenvalue weighted by molar-refractivity contribution is -0.137. The molecule has 184 valence electrons. The number of amides is 2. The molecular weight excluding hydrogens is 442 g/mol. The Morgan fingerprint density at radius 3 is 2.68 bits per heavy atom. The van der Waals surface area contributed by atoms with Crippen molar-refractivity contribution in [2.75, 3.05) is 52.5 Å². The van der Waals surface area contributed by atoms with E-state index in [1.165, 1.54) is 12.5 Å². The van der Waals surface area contributed by atoms with Crippen molar-refractivity contribution in [2.45, 2.75) is 24.7 Å². The van der Waals surface area contributed by atoms with Gasteiger partial charge in [0.2, 0.25) is 0 Å². The number of morpholine rings is 1. The van der Waals surface area contributed by atoms with Crippen LogP contribution in [0, 0.1) is 0 Å². The van der Waals surface area contributed by atoms with E-state index in [-0.39, 0.29) is 31.5 Å². The van der Waals surface area contributed by atoms with Crippen LogP contribution in [0.3, 0.4) is 0 Å². The van der Waals surface area contributed by atoms with E-state index in [9.17, 15) is 19.8 Å². The number of imidazole rings is 1. The second-order valence-electron chi connectivity index (χ2n) is 8.68. The lowest BCUT2D eigenvalue weighted by Crippen LogP contribution is -2.60. The van der Waals surface area contributed by atoms with Crippen LogP contribution in [0.5, 0.6) is 5.75 Å². The maximum atomic E-state index is 12.2. The Labute approximate surface area is 197 Å². The molecule has 1 aromatic heterocycles. The molecule has 11 nitrogen and oxygen atoms in total. The minimum Gasteiger partial charge on any atom is -0.484 e. The van der Waals surface area contributed by atoms with Gasteiger partial charge in [0, 0.05) is 39.3 Å². The van der Waals surface area contributed by atoms with Crippen molar-refractivity contribution in [3.05, 3.63) is 48.0 Å². The zero-order valence-corrected chi connectivity index (χ0v) is 19.0. The second kappa shape index (κ2) is 11.0. The number of ether oxygens (including phenoxy) is 2. The van der Waals surface area contributed by atoms with E-state index in [0.717, 1.165) is 5.56 Å². The number of carbonyl (C=O) groups excluding carboxylic acids is 2. The fourth-order valence-electron chi connectivity index (χ4n) is 4.08. The highest BCUT2D eigenvalue weighted by molar-refractivity contribution is 5.92. The van der Waals surface area contributed by atoms with Crippen molar-refractivity contribution >= 4 is 11.8 Å². The first-order valence-corrected chi connectivity index (χ1v) is 11.4. The van der Waals surface area contributed by atoms with Gasteiger partial charge in [0.25, 0.3) is 11.8 Å².